The van der Waals surface area contributed by atoms with E-state index in [2.05, 4.69) is 47.1 Å². The smallest absolute Gasteiger partial charge is 0.183 e. The van der Waals surface area contributed by atoms with Crippen LogP contribution in [0.1, 0.15) is 30.3 Å². The van der Waals surface area contributed by atoms with Gasteiger partial charge < -0.3 is 9.88 Å². The van der Waals surface area contributed by atoms with Crippen LogP contribution in [-0.2, 0) is 0 Å². The lowest BCUT2D eigenvalue weighted by Gasteiger charge is -2.23. The van der Waals surface area contributed by atoms with Crippen molar-refractivity contribution < 1.29 is 0 Å². The van der Waals surface area contributed by atoms with Crippen molar-refractivity contribution in [1.29, 1.82) is 10.5 Å². The number of aromatic amines is 1. The average molecular weight is 424 g/mol. The van der Waals surface area contributed by atoms with E-state index in [9.17, 15) is 10.5 Å². The summed E-state index contributed by atoms with van der Waals surface area (Å²) in [4.78, 5) is 22.6. The summed E-state index contributed by atoms with van der Waals surface area (Å²) in [6, 6.07) is 6.31. The van der Waals surface area contributed by atoms with Crippen LogP contribution >= 0.6 is 0 Å². The van der Waals surface area contributed by atoms with E-state index in [4.69, 9.17) is 0 Å². The molecule has 1 N–H and O–H groups in total. The van der Waals surface area contributed by atoms with Crippen LogP contribution in [-0.4, -0.2) is 47.8 Å². The zero-order chi connectivity index (χ0) is 22.1. The maximum Gasteiger partial charge on any atom is 0.183 e. The van der Waals surface area contributed by atoms with Gasteiger partial charge in [-0.1, -0.05) is 0 Å². The molecule has 0 unspecified atom stereocenters. The highest BCUT2D eigenvalue weighted by molar-refractivity contribution is 5.89. The summed E-state index contributed by atoms with van der Waals surface area (Å²) in [7, 11) is 0. The summed E-state index contributed by atoms with van der Waals surface area (Å²) in [5, 5.41) is 24.5. The third kappa shape index (κ3) is 3.42. The molecule has 0 radical (unpaired) electrons. The molecule has 0 amide bonds. The largest absolute Gasteiger partial charge is 0.354 e. The number of nitrogens with one attached hydrogen (secondary N) is 1. The normalized spacial score (nSPS) is 16.7. The predicted octanol–water partition coefficient (Wildman–Crippen LogP) is 2.77. The maximum absolute atomic E-state index is 9.50. The van der Waals surface area contributed by atoms with Crippen LogP contribution in [0.2, 0.25) is 0 Å². The molecule has 158 valence electrons. The molecule has 4 aromatic rings. The quantitative estimate of drug-likeness (QED) is 0.516. The van der Waals surface area contributed by atoms with Crippen LogP contribution in [0.15, 0.2) is 37.2 Å². The second-order valence-electron chi connectivity index (χ2n) is 7.89. The number of aromatic nitrogens is 7. The second-order valence-corrected chi connectivity index (χ2v) is 7.89. The number of nitriles is 2. The highest BCUT2D eigenvalue weighted by Gasteiger charge is 2.33. The first-order chi connectivity index (χ1) is 15.7. The highest BCUT2D eigenvalue weighted by Crippen LogP contribution is 2.34. The molecule has 0 saturated carbocycles. The van der Waals surface area contributed by atoms with Gasteiger partial charge in [0.2, 0.25) is 0 Å². The Morgan fingerprint density at radius 2 is 2.16 bits per heavy atom. The molecule has 1 aliphatic rings. The summed E-state index contributed by atoms with van der Waals surface area (Å²) < 4.78 is 1.87. The van der Waals surface area contributed by atoms with Crippen molar-refractivity contribution in [1.82, 2.24) is 34.7 Å². The molecule has 0 bridgehead atoms. The van der Waals surface area contributed by atoms with Crippen LogP contribution in [0.25, 0.3) is 22.3 Å². The van der Waals surface area contributed by atoms with E-state index in [0.717, 1.165) is 35.3 Å². The molecule has 32 heavy (non-hydrogen) atoms. The number of hydrogen-bond donors (Lipinski definition) is 1. The maximum atomic E-state index is 9.50. The molecule has 0 spiro atoms. The molecule has 5 rings (SSSR count). The third-order valence-electron chi connectivity index (χ3n) is 5.92. The summed E-state index contributed by atoms with van der Waals surface area (Å²) >= 11 is 0. The van der Waals surface area contributed by atoms with Gasteiger partial charge in [-0.15, -0.1) is 0 Å². The van der Waals surface area contributed by atoms with Crippen LogP contribution in [0.5, 0.6) is 0 Å². The van der Waals surface area contributed by atoms with E-state index in [-0.39, 0.29) is 12.0 Å². The van der Waals surface area contributed by atoms with Crippen molar-refractivity contribution in [3.8, 4) is 23.4 Å². The summed E-state index contributed by atoms with van der Waals surface area (Å²) in [6.07, 6.45) is 9.99. The standard InChI is InChI=1S/C22H20N10/c1-14-9-26-22(18(8-24)30-14)31-7-4-15(11-31)19(2-5-23)32-12-16(10-29-32)20-17-3-6-25-21(17)28-13-27-20/h3,6,9-10,12-13,15,19H,2,4,7,11H2,1H3,(H,25,27,28)/t15-,19-/m0/s1. The van der Waals surface area contributed by atoms with Crippen molar-refractivity contribution >= 4 is 16.9 Å². The molecule has 1 aliphatic heterocycles. The van der Waals surface area contributed by atoms with Gasteiger partial charge in [0, 0.05) is 42.4 Å². The minimum Gasteiger partial charge on any atom is -0.354 e. The molecule has 1 saturated heterocycles. The van der Waals surface area contributed by atoms with Gasteiger partial charge in [0.25, 0.3) is 0 Å². The van der Waals surface area contributed by atoms with Crippen LogP contribution < -0.4 is 4.90 Å². The first-order valence-electron chi connectivity index (χ1n) is 10.4. The topological polar surface area (TPSA) is 136 Å². The van der Waals surface area contributed by atoms with Gasteiger partial charge >= 0.3 is 0 Å². The van der Waals surface area contributed by atoms with Gasteiger partial charge in [0.1, 0.15) is 18.0 Å². The first kappa shape index (κ1) is 19.6. The Balaban J connectivity index is 1.41. The fourth-order valence-corrected chi connectivity index (χ4v) is 4.38. The molecule has 10 nitrogen and oxygen atoms in total. The molecular weight excluding hydrogens is 404 g/mol. The minimum atomic E-state index is -0.0914. The first-order valence-corrected chi connectivity index (χ1v) is 10.4. The highest BCUT2D eigenvalue weighted by atomic mass is 15.3. The van der Waals surface area contributed by atoms with Crippen molar-refractivity contribution in [2.75, 3.05) is 18.0 Å². The summed E-state index contributed by atoms with van der Waals surface area (Å²) in [5.41, 5.74) is 3.51. The Bertz CT molecular complexity index is 1360. The fraction of sp³-hybridized carbons (Fsp3) is 0.318. The third-order valence-corrected chi connectivity index (χ3v) is 5.92. The van der Waals surface area contributed by atoms with Crippen LogP contribution in [0, 0.1) is 35.5 Å². The lowest BCUT2D eigenvalue weighted by atomic mass is 9.96. The zero-order valence-electron chi connectivity index (χ0n) is 17.5. The summed E-state index contributed by atoms with van der Waals surface area (Å²) in [6.45, 7) is 3.26. The van der Waals surface area contributed by atoms with Crippen molar-refractivity contribution in [3.05, 3.63) is 48.6 Å². The molecule has 1 fully saturated rings. The predicted molar refractivity (Wildman–Crippen MR) is 116 cm³/mol. The van der Waals surface area contributed by atoms with Gasteiger partial charge in [0.15, 0.2) is 11.5 Å². The SMILES string of the molecule is Cc1cnc(N2CC[C@H]([C@H](CC#N)n3cc(-c4ncnc5[nH]ccc45)cn3)C2)c(C#N)n1. The fourth-order valence-electron chi connectivity index (χ4n) is 4.38. The molecular formula is C22H20N10. The van der Waals surface area contributed by atoms with E-state index in [1.54, 1.807) is 12.4 Å². The number of H-pyrrole nitrogens is 1. The van der Waals surface area contributed by atoms with Crippen LogP contribution in [0.3, 0.4) is 0 Å². The van der Waals surface area contributed by atoms with Gasteiger partial charge in [0.05, 0.1) is 42.3 Å². The number of nitrogens with zero attached hydrogens (tertiary/aromatic N) is 9. The lowest BCUT2D eigenvalue weighted by molar-refractivity contribution is 0.332. The Morgan fingerprint density at radius 1 is 1.25 bits per heavy atom. The Hall–Kier alpha value is -4.31. The van der Waals surface area contributed by atoms with Crippen molar-refractivity contribution in [2.24, 2.45) is 5.92 Å². The van der Waals surface area contributed by atoms with Crippen LogP contribution in [0.4, 0.5) is 5.82 Å². The Labute approximate surface area is 184 Å². The van der Waals surface area contributed by atoms with Gasteiger partial charge in [-0.05, 0) is 19.4 Å². The van der Waals surface area contributed by atoms with E-state index in [1.807, 2.05) is 30.1 Å². The molecule has 0 aromatic carbocycles. The molecule has 4 aromatic heterocycles. The van der Waals surface area contributed by atoms with Gasteiger partial charge in [-0.2, -0.15) is 15.6 Å². The average Bonchev–Trinajstić information content (AvgIpc) is 3.57. The van der Waals surface area contributed by atoms with E-state index in [0.29, 0.717) is 30.2 Å². The van der Waals surface area contributed by atoms with Gasteiger partial charge in [-0.25, -0.2) is 19.9 Å². The van der Waals surface area contributed by atoms with Crippen molar-refractivity contribution in [2.45, 2.75) is 25.8 Å². The van der Waals surface area contributed by atoms with E-state index in [1.165, 1.54) is 6.33 Å². The van der Waals surface area contributed by atoms with E-state index >= 15 is 0 Å². The minimum absolute atomic E-state index is 0.0914. The number of hydrogen-bond acceptors (Lipinski definition) is 8. The number of aryl methyl sites for hydroxylation is 1. The lowest BCUT2D eigenvalue weighted by Crippen LogP contribution is -2.26. The molecule has 10 heteroatoms. The zero-order valence-corrected chi connectivity index (χ0v) is 17.5. The molecule has 0 aliphatic carbocycles. The Kier molecular flexibility index (Phi) is 4.96. The van der Waals surface area contributed by atoms with E-state index < -0.39 is 0 Å². The van der Waals surface area contributed by atoms with Gasteiger partial charge in [-0.3, -0.25) is 4.68 Å². The second kappa shape index (κ2) is 8.08. The Morgan fingerprint density at radius 3 is 3.00 bits per heavy atom. The molecule has 2 atom stereocenters. The number of anilines is 1. The monoisotopic (exact) mass is 424 g/mol. The number of fused-ring (bicyclic) bond motifs is 1. The van der Waals surface area contributed by atoms with Crippen molar-refractivity contribution in [3.63, 3.8) is 0 Å². The summed E-state index contributed by atoms with van der Waals surface area (Å²) in [5.74, 6) is 0.794. The number of rotatable bonds is 5. The molecule has 5 heterocycles.